The highest BCUT2D eigenvalue weighted by Gasteiger charge is 2.30. The van der Waals surface area contributed by atoms with Crippen LogP contribution in [0.3, 0.4) is 0 Å². The molecule has 1 aromatic heterocycles. The second-order valence-electron chi connectivity index (χ2n) is 5.15. The fourth-order valence-electron chi connectivity index (χ4n) is 1.92. The number of alkyl halides is 3. The van der Waals surface area contributed by atoms with Crippen molar-refractivity contribution < 1.29 is 13.2 Å². The van der Waals surface area contributed by atoms with Crippen molar-refractivity contribution in [2.45, 2.75) is 32.9 Å². The number of H-pyrrole nitrogens is 1. The fraction of sp³-hybridized carbons (Fsp3) is 0.333. The molecule has 0 saturated heterocycles. The number of nitrogens with zero attached hydrogens (tertiary/aromatic N) is 1. The molecule has 0 aliphatic heterocycles. The lowest BCUT2D eigenvalue weighted by atomic mass is 10.0. The average Bonchev–Trinajstić information content (AvgIpc) is 2.40. The first-order chi connectivity index (χ1) is 9.70. The Bertz CT molecular complexity index is 700. The summed E-state index contributed by atoms with van der Waals surface area (Å²) < 4.78 is 37.7. The van der Waals surface area contributed by atoms with E-state index in [1.54, 1.807) is 6.92 Å². The van der Waals surface area contributed by atoms with Gasteiger partial charge in [0.2, 0.25) is 0 Å². The summed E-state index contributed by atoms with van der Waals surface area (Å²) in [5, 5.41) is 0. The van der Waals surface area contributed by atoms with Crippen molar-refractivity contribution >= 4 is 0 Å². The lowest BCUT2D eigenvalue weighted by molar-refractivity contribution is -0.137. The summed E-state index contributed by atoms with van der Waals surface area (Å²) in [7, 11) is 0. The molecule has 0 radical (unpaired) electrons. The lowest BCUT2D eigenvalue weighted by Crippen LogP contribution is -2.17. The molecule has 3 nitrogen and oxygen atoms in total. The molecule has 0 unspecified atom stereocenters. The van der Waals surface area contributed by atoms with Gasteiger partial charge in [0.1, 0.15) is 5.82 Å². The summed E-state index contributed by atoms with van der Waals surface area (Å²) >= 11 is 0. The van der Waals surface area contributed by atoms with Crippen molar-refractivity contribution in [1.29, 1.82) is 0 Å². The Morgan fingerprint density at radius 1 is 1.14 bits per heavy atom. The smallest absolute Gasteiger partial charge is 0.310 e. The molecule has 0 saturated carbocycles. The number of benzene rings is 1. The van der Waals surface area contributed by atoms with Gasteiger partial charge in [0.25, 0.3) is 5.56 Å². The van der Waals surface area contributed by atoms with Gasteiger partial charge >= 0.3 is 6.18 Å². The van der Waals surface area contributed by atoms with E-state index in [0.29, 0.717) is 22.6 Å². The molecule has 6 heteroatoms. The molecular formula is C15H15F3N2O. The molecule has 1 heterocycles. The van der Waals surface area contributed by atoms with Crippen LogP contribution in [0.5, 0.6) is 0 Å². The van der Waals surface area contributed by atoms with E-state index >= 15 is 0 Å². The normalized spacial score (nSPS) is 12.0. The molecular weight excluding hydrogens is 281 g/mol. The van der Waals surface area contributed by atoms with Crippen LogP contribution in [0.1, 0.15) is 36.7 Å². The molecule has 0 aliphatic rings. The zero-order chi connectivity index (χ0) is 15.8. The predicted molar refractivity (Wildman–Crippen MR) is 74.1 cm³/mol. The van der Waals surface area contributed by atoms with E-state index < -0.39 is 11.7 Å². The van der Waals surface area contributed by atoms with Crippen LogP contribution in [-0.2, 0) is 6.18 Å². The minimum Gasteiger partial charge on any atom is -0.310 e. The third-order valence-electron chi connectivity index (χ3n) is 3.20. The van der Waals surface area contributed by atoms with E-state index in [2.05, 4.69) is 9.97 Å². The van der Waals surface area contributed by atoms with Crippen molar-refractivity contribution in [2.24, 2.45) is 0 Å². The van der Waals surface area contributed by atoms with Crippen LogP contribution in [0, 0.1) is 6.92 Å². The molecule has 0 amide bonds. The van der Waals surface area contributed by atoms with Gasteiger partial charge in [0.05, 0.1) is 11.3 Å². The molecule has 1 aromatic carbocycles. The minimum absolute atomic E-state index is 0.0199. The SMILES string of the molecule is Cc1c(-c2ccc(C(F)(F)F)cc2)nc(C(C)C)[nH]c1=O. The van der Waals surface area contributed by atoms with E-state index in [0.717, 1.165) is 12.1 Å². The zero-order valence-electron chi connectivity index (χ0n) is 11.9. The first-order valence-electron chi connectivity index (χ1n) is 6.48. The lowest BCUT2D eigenvalue weighted by Gasteiger charge is -2.11. The highest BCUT2D eigenvalue weighted by Crippen LogP contribution is 2.31. The van der Waals surface area contributed by atoms with Gasteiger partial charge in [-0.1, -0.05) is 26.0 Å². The zero-order valence-corrected chi connectivity index (χ0v) is 11.9. The quantitative estimate of drug-likeness (QED) is 0.914. The summed E-state index contributed by atoms with van der Waals surface area (Å²) in [6.07, 6.45) is -4.38. The maximum absolute atomic E-state index is 12.6. The first-order valence-corrected chi connectivity index (χ1v) is 6.48. The number of hydrogen-bond acceptors (Lipinski definition) is 2. The Labute approximate surface area is 119 Å². The minimum atomic E-state index is -4.38. The van der Waals surface area contributed by atoms with E-state index in [9.17, 15) is 18.0 Å². The van der Waals surface area contributed by atoms with Crippen molar-refractivity contribution in [3.05, 3.63) is 51.6 Å². The second kappa shape index (κ2) is 5.35. The summed E-state index contributed by atoms with van der Waals surface area (Å²) in [5.41, 5.74) is 0.297. The molecule has 0 atom stereocenters. The molecule has 0 fully saturated rings. The van der Waals surface area contributed by atoms with Gasteiger partial charge in [0.15, 0.2) is 0 Å². The molecule has 1 N–H and O–H groups in total. The summed E-state index contributed by atoms with van der Waals surface area (Å²) in [6, 6.07) is 4.66. The molecule has 0 spiro atoms. The molecule has 0 aliphatic carbocycles. The van der Waals surface area contributed by atoms with Crippen molar-refractivity contribution in [3.8, 4) is 11.3 Å². The van der Waals surface area contributed by atoms with Crippen molar-refractivity contribution in [1.82, 2.24) is 9.97 Å². The van der Waals surface area contributed by atoms with Crippen LogP contribution < -0.4 is 5.56 Å². The van der Waals surface area contributed by atoms with Gasteiger partial charge in [-0.2, -0.15) is 13.2 Å². The highest BCUT2D eigenvalue weighted by atomic mass is 19.4. The van der Waals surface area contributed by atoms with Crippen molar-refractivity contribution in [2.75, 3.05) is 0 Å². The third kappa shape index (κ3) is 3.15. The Morgan fingerprint density at radius 3 is 2.19 bits per heavy atom. The van der Waals surface area contributed by atoms with E-state index in [4.69, 9.17) is 0 Å². The summed E-state index contributed by atoms with van der Waals surface area (Å²) in [4.78, 5) is 18.9. The Hall–Kier alpha value is -2.11. The molecule has 2 aromatic rings. The van der Waals surface area contributed by atoms with Gasteiger partial charge in [0, 0.05) is 17.0 Å². The van der Waals surface area contributed by atoms with Gasteiger partial charge < -0.3 is 4.98 Å². The van der Waals surface area contributed by atoms with Gasteiger partial charge in [-0.15, -0.1) is 0 Å². The van der Waals surface area contributed by atoms with Crippen molar-refractivity contribution in [3.63, 3.8) is 0 Å². The Morgan fingerprint density at radius 2 is 1.71 bits per heavy atom. The largest absolute Gasteiger partial charge is 0.416 e. The summed E-state index contributed by atoms with van der Waals surface area (Å²) in [6.45, 7) is 5.36. The van der Waals surface area contributed by atoms with E-state index in [-0.39, 0.29) is 11.5 Å². The molecule has 0 bridgehead atoms. The Kier molecular flexibility index (Phi) is 3.89. The number of aromatic amines is 1. The summed E-state index contributed by atoms with van der Waals surface area (Å²) in [5.74, 6) is 0.534. The number of nitrogens with one attached hydrogen (secondary N) is 1. The monoisotopic (exact) mass is 296 g/mol. The van der Waals surface area contributed by atoms with Crippen LogP contribution in [0.15, 0.2) is 29.1 Å². The maximum atomic E-state index is 12.6. The highest BCUT2D eigenvalue weighted by molar-refractivity contribution is 5.62. The van der Waals surface area contributed by atoms with Gasteiger partial charge in [-0.3, -0.25) is 4.79 Å². The van der Waals surface area contributed by atoms with E-state index in [1.807, 2.05) is 13.8 Å². The third-order valence-corrected chi connectivity index (χ3v) is 3.20. The molecule has 112 valence electrons. The molecule has 2 rings (SSSR count). The van der Waals surface area contributed by atoms with Crippen LogP contribution in [-0.4, -0.2) is 9.97 Å². The maximum Gasteiger partial charge on any atom is 0.416 e. The topological polar surface area (TPSA) is 45.8 Å². The van der Waals surface area contributed by atoms with Gasteiger partial charge in [-0.05, 0) is 19.1 Å². The standard InChI is InChI=1S/C15H15F3N2O/c1-8(2)13-19-12(9(3)14(21)20-13)10-4-6-11(7-5-10)15(16,17)18/h4-8H,1-3H3,(H,19,20,21). The van der Waals surface area contributed by atoms with Crippen LogP contribution >= 0.6 is 0 Å². The number of rotatable bonds is 2. The first kappa shape index (κ1) is 15.3. The van der Waals surface area contributed by atoms with Gasteiger partial charge in [-0.25, -0.2) is 4.98 Å². The number of hydrogen-bond donors (Lipinski definition) is 1. The van der Waals surface area contributed by atoms with Crippen LogP contribution in [0.2, 0.25) is 0 Å². The average molecular weight is 296 g/mol. The number of aromatic nitrogens is 2. The Balaban J connectivity index is 2.54. The van der Waals surface area contributed by atoms with E-state index in [1.165, 1.54) is 12.1 Å². The predicted octanol–water partition coefficient (Wildman–Crippen LogP) is 3.89. The van der Waals surface area contributed by atoms with Crippen LogP contribution in [0.25, 0.3) is 11.3 Å². The van der Waals surface area contributed by atoms with Crippen LogP contribution in [0.4, 0.5) is 13.2 Å². The molecule has 21 heavy (non-hydrogen) atoms. The second-order valence-corrected chi connectivity index (χ2v) is 5.15. The number of halogens is 3. The fourth-order valence-corrected chi connectivity index (χ4v) is 1.92.